The number of rotatable bonds is 5. The number of carbonyl (C=O) groups excluding carboxylic acids is 1. The summed E-state index contributed by atoms with van der Waals surface area (Å²) in [6.07, 6.45) is 1.27. The molecule has 1 aromatic heterocycles. The summed E-state index contributed by atoms with van der Waals surface area (Å²) in [5, 5.41) is 9.36. The van der Waals surface area contributed by atoms with Crippen molar-refractivity contribution >= 4 is 23.9 Å². The van der Waals surface area contributed by atoms with Crippen LogP contribution in [0.15, 0.2) is 24.3 Å². The summed E-state index contributed by atoms with van der Waals surface area (Å²) in [5.74, 6) is 0.663. The Morgan fingerprint density at radius 3 is 2.67 bits per heavy atom. The number of aromatic nitrogens is 3. The lowest BCUT2D eigenvalue weighted by molar-refractivity contribution is -0.108. The number of carbonyl (C=O) groups is 1. The van der Waals surface area contributed by atoms with E-state index in [-0.39, 0.29) is 5.95 Å². The standard InChI is InChI=1S/C11H14N6O/c12-8(6-18)5-7-1-3-9(4-2-7)14-11-15-10(13)16-17-11/h1-4,6,8H,5,12H2,(H4,13,14,15,16,17)/t8-/m1/s1. The van der Waals surface area contributed by atoms with E-state index in [1.807, 2.05) is 24.3 Å². The summed E-state index contributed by atoms with van der Waals surface area (Å²) in [7, 11) is 0. The summed E-state index contributed by atoms with van der Waals surface area (Å²) < 4.78 is 0. The van der Waals surface area contributed by atoms with Crippen molar-refractivity contribution in [2.75, 3.05) is 11.1 Å². The molecule has 0 spiro atoms. The molecule has 7 nitrogen and oxygen atoms in total. The number of hydrogen-bond acceptors (Lipinski definition) is 6. The van der Waals surface area contributed by atoms with Gasteiger partial charge in [0.1, 0.15) is 6.29 Å². The van der Waals surface area contributed by atoms with Gasteiger partial charge in [-0.3, -0.25) is 0 Å². The molecule has 0 saturated heterocycles. The smallest absolute Gasteiger partial charge is 0.241 e. The quantitative estimate of drug-likeness (QED) is 0.559. The lowest BCUT2D eigenvalue weighted by atomic mass is 10.1. The van der Waals surface area contributed by atoms with Crippen molar-refractivity contribution in [1.82, 2.24) is 15.2 Å². The first-order valence-corrected chi connectivity index (χ1v) is 5.42. The molecule has 0 bridgehead atoms. The molecule has 1 atom stereocenters. The first-order chi connectivity index (χ1) is 8.67. The zero-order chi connectivity index (χ0) is 13.0. The molecule has 0 aliphatic rings. The van der Waals surface area contributed by atoms with E-state index in [2.05, 4.69) is 20.5 Å². The van der Waals surface area contributed by atoms with Gasteiger partial charge in [0, 0.05) is 5.69 Å². The fourth-order valence-corrected chi connectivity index (χ4v) is 1.51. The number of nitrogen functional groups attached to an aromatic ring is 1. The summed E-state index contributed by atoms with van der Waals surface area (Å²) in [6, 6.07) is 7.06. The highest BCUT2D eigenvalue weighted by Crippen LogP contribution is 2.14. The van der Waals surface area contributed by atoms with Crippen molar-refractivity contribution < 1.29 is 4.79 Å². The van der Waals surface area contributed by atoms with E-state index in [9.17, 15) is 4.79 Å². The van der Waals surface area contributed by atoms with Gasteiger partial charge in [-0.05, 0) is 24.1 Å². The molecule has 0 aliphatic carbocycles. The number of nitrogens with one attached hydrogen (secondary N) is 2. The van der Waals surface area contributed by atoms with Crippen molar-refractivity contribution in [3.8, 4) is 0 Å². The number of aromatic amines is 1. The first-order valence-electron chi connectivity index (χ1n) is 5.42. The number of aldehydes is 1. The highest BCUT2D eigenvalue weighted by Gasteiger charge is 2.03. The predicted octanol–water partition coefficient (Wildman–Crippen LogP) is 0.199. The molecule has 2 aromatic rings. The minimum Gasteiger partial charge on any atom is -0.366 e. The van der Waals surface area contributed by atoms with Crippen LogP contribution in [-0.2, 0) is 11.2 Å². The van der Waals surface area contributed by atoms with Crippen molar-refractivity contribution in [3.63, 3.8) is 0 Å². The van der Waals surface area contributed by atoms with Gasteiger partial charge in [0.05, 0.1) is 6.04 Å². The topological polar surface area (TPSA) is 123 Å². The van der Waals surface area contributed by atoms with E-state index < -0.39 is 6.04 Å². The second kappa shape index (κ2) is 5.28. The Morgan fingerprint density at radius 1 is 1.39 bits per heavy atom. The Balaban J connectivity index is 2.01. The number of anilines is 3. The average molecular weight is 246 g/mol. The molecule has 0 radical (unpaired) electrons. The highest BCUT2D eigenvalue weighted by atomic mass is 16.1. The number of nitrogens with zero attached hydrogens (tertiary/aromatic N) is 2. The zero-order valence-electron chi connectivity index (χ0n) is 9.63. The Bertz CT molecular complexity index is 521. The minimum absolute atomic E-state index is 0.186. The van der Waals surface area contributed by atoms with E-state index in [4.69, 9.17) is 11.5 Å². The van der Waals surface area contributed by atoms with Crippen LogP contribution in [0, 0.1) is 0 Å². The third kappa shape index (κ3) is 3.05. The Morgan fingerprint density at radius 2 is 2.11 bits per heavy atom. The van der Waals surface area contributed by atoms with Gasteiger partial charge in [0.25, 0.3) is 0 Å². The van der Waals surface area contributed by atoms with Gasteiger partial charge in [-0.1, -0.05) is 12.1 Å². The SMILES string of the molecule is Nc1n[nH]c(Nc2ccc(C[C@@H](N)C=O)cc2)n1. The largest absolute Gasteiger partial charge is 0.366 e. The maximum Gasteiger partial charge on any atom is 0.241 e. The Hall–Kier alpha value is -2.41. The molecular weight excluding hydrogens is 232 g/mol. The summed E-state index contributed by atoms with van der Waals surface area (Å²) in [6.45, 7) is 0. The molecule has 0 saturated carbocycles. The van der Waals surface area contributed by atoms with E-state index in [1.165, 1.54) is 0 Å². The van der Waals surface area contributed by atoms with E-state index in [1.54, 1.807) is 0 Å². The third-order valence-corrected chi connectivity index (χ3v) is 2.37. The van der Waals surface area contributed by atoms with Gasteiger partial charge in [0.15, 0.2) is 0 Å². The van der Waals surface area contributed by atoms with Crippen LogP contribution in [0.2, 0.25) is 0 Å². The van der Waals surface area contributed by atoms with Gasteiger partial charge < -0.3 is 21.6 Å². The van der Waals surface area contributed by atoms with E-state index in [0.717, 1.165) is 17.5 Å². The number of benzene rings is 1. The van der Waals surface area contributed by atoms with Crippen molar-refractivity contribution in [2.24, 2.45) is 5.73 Å². The van der Waals surface area contributed by atoms with Crippen LogP contribution in [0.3, 0.4) is 0 Å². The molecule has 94 valence electrons. The molecule has 0 aliphatic heterocycles. The molecule has 0 amide bonds. The fraction of sp³-hybridized carbons (Fsp3) is 0.182. The molecule has 0 unspecified atom stereocenters. The lowest BCUT2D eigenvalue weighted by Gasteiger charge is -2.06. The Kier molecular flexibility index (Phi) is 3.54. The van der Waals surface area contributed by atoms with E-state index in [0.29, 0.717) is 12.4 Å². The maximum atomic E-state index is 10.5. The molecule has 0 fully saturated rings. The van der Waals surface area contributed by atoms with Crippen LogP contribution < -0.4 is 16.8 Å². The predicted molar refractivity (Wildman–Crippen MR) is 68.3 cm³/mol. The summed E-state index contributed by atoms with van der Waals surface area (Å²) in [5.41, 5.74) is 12.8. The van der Waals surface area contributed by atoms with E-state index >= 15 is 0 Å². The maximum absolute atomic E-state index is 10.5. The van der Waals surface area contributed by atoms with Gasteiger partial charge in [-0.15, -0.1) is 5.10 Å². The Labute approximate surface area is 104 Å². The molecule has 1 heterocycles. The zero-order valence-corrected chi connectivity index (χ0v) is 9.63. The normalized spacial score (nSPS) is 12.1. The van der Waals surface area contributed by atoms with Crippen LogP contribution >= 0.6 is 0 Å². The van der Waals surface area contributed by atoms with Gasteiger partial charge in [-0.25, -0.2) is 5.10 Å². The van der Waals surface area contributed by atoms with Crippen molar-refractivity contribution in [1.29, 1.82) is 0 Å². The van der Waals surface area contributed by atoms with Crippen molar-refractivity contribution in [2.45, 2.75) is 12.5 Å². The van der Waals surface area contributed by atoms with Crippen LogP contribution in [0.25, 0.3) is 0 Å². The van der Waals surface area contributed by atoms with Gasteiger partial charge >= 0.3 is 0 Å². The fourth-order valence-electron chi connectivity index (χ4n) is 1.51. The molecule has 6 N–H and O–H groups in total. The highest BCUT2D eigenvalue weighted by molar-refractivity contribution is 5.58. The van der Waals surface area contributed by atoms with Crippen LogP contribution in [0.5, 0.6) is 0 Å². The minimum atomic E-state index is -0.460. The second-order valence-corrected chi connectivity index (χ2v) is 3.87. The third-order valence-electron chi connectivity index (χ3n) is 2.37. The summed E-state index contributed by atoms with van der Waals surface area (Å²) >= 11 is 0. The average Bonchev–Trinajstić information content (AvgIpc) is 2.77. The molecule has 7 heteroatoms. The number of nitrogens with two attached hydrogens (primary N) is 2. The van der Waals surface area contributed by atoms with Gasteiger partial charge in [-0.2, -0.15) is 4.98 Å². The molecule has 1 aromatic carbocycles. The summed E-state index contributed by atoms with van der Waals surface area (Å²) in [4.78, 5) is 14.4. The number of hydrogen-bond donors (Lipinski definition) is 4. The first kappa shape index (κ1) is 12.1. The van der Waals surface area contributed by atoms with Crippen LogP contribution in [0.1, 0.15) is 5.56 Å². The van der Waals surface area contributed by atoms with Crippen LogP contribution in [-0.4, -0.2) is 27.5 Å². The molecule has 2 rings (SSSR count). The van der Waals surface area contributed by atoms with Gasteiger partial charge in [0.2, 0.25) is 11.9 Å². The monoisotopic (exact) mass is 246 g/mol. The molecule has 18 heavy (non-hydrogen) atoms. The molecular formula is C11H14N6O. The second-order valence-electron chi connectivity index (χ2n) is 3.87. The number of H-pyrrole nitrogens is 1. The lowest BCUT2D eigenvalue weighted by Crippen LogP contribution is -2.23. The van der Waals surface area contributed by atoms with Crippen molar-refractivity contribution in [3.05, 3.63) is 29.8 Å². The van der Waals surface area contributed by atoms with Crippen LogP contribution in [0.4, 0.5) is 17.6 Å².